The van der Waals surface area contributed by atoms with Crippen molar-refractivity contribution in [3.63, 3.8) is 0 Å². The van der Waals surface area contributed by atoms with Crippen LogP contribution in [0.15, 0.2) is 42.9 Å². The number of amides is 2. The largest absolute Gasteiger partial charge is 0.355 e. The van der Waals surface area contributed by atoms with Gasteiger partial charge >= 0.3 is 0 Å². The van der Waals surface area contributed by atoms with Crippen LogP contribution in [-0.2, 0) is 4.79 Å². The lowest BCUT2D eigenvalue weighted by molar-refractivity contribution is -0.122. The molecule has 134 valence electrons. The fourth-order valence-corrected chi connectivity index (χ4v) is 3.66. The summed E-state index contributed by atoms with van der Waals surface area (Å²) in [5, 5.41) is 6.00. The molecule has 1 saturated heterocycles. The first-order valence-electron chi connectivity index (χ1n) is 8.91. The lowest BCUT2D eigenvalue weighted by Crippen LogP contribution is -2.45. The predicted octanol–water partition coefficient (Wildman–Crippen LogP) is 1.44. The Kier molecular flexibility index (Phi) is 4.51. The van der Waals surface area contributed by atoms with Crippen molar-refractivity contribution in [2.75, 3.05) is 18.0 Å². The third kappa shape index (κ3) is 3.37. The second kappa shape index (κ2) is 7.11. The van der Waals surface area contributed by atoms with Crippen LogP contribution in [-0.4, -0.2) is 40.9 Å². The van der Waals surface area contributed by atoms with Crippen molar-refractivity contribution < 1.29 is 9.59 Å². The van der Waals surface area contributed by atoms with E-state index < -0.39 is 0 Å². The third-order valence-corrected chi connectivity index (χ3v) is 5.01. The van der Waals surface area contributed by atoms with Crippen molar-refractivity contribution in [3.05, 3.63) is 54.0 Å². The molecule has 26 heavy (non-hydrogen) atoms. The summed E-state index contributed by atoms with van der Waals surface area (Å²) >= 11 is 0. The number of anilines is 1. The van der Waals surface area contributed by atoms with Gasteiger partial charge in [0, 0.05) is 37.1 Å². The summed E-state index contributed by atoms with van der Waals surface area (Å²) in [6.07, 6.45) is 7.13. The van der Waals surface area contributed by atoms with Crippen LogP contribution >= 0.6 is 0 Å². The maximum atomic E-state index is 12.4. The minimum absolute atomic E-state index is 0.0232. The van der Waals surface area contributed by atoms with Gasteiger partial charge in [-0.3, -0.25) is 14.6 Å². The number of nitrogens with zero attached hydrogens (tertiary/aromatic N) is 3. The Morgan fingerprint density at radius 1 is 1.23 bits per heavy atom. The van der Waals surface area contributed by atoms with E-state index in [4.69, 9.17) is 0 Å². The van der Waals surface area contributed by atoms with Gasteiger partial charge in [0.2, 0.25) is 5.91 Å². The highest BCUT2D eigenvalue weighted by Crippen LogP contribution is 2.27. The van der Waals surface area contributed by atoms with Gasteiger partial charge in [-0.25, -0.2) is 4.98 Å². The Balaban J connectivity index is 1.29. The summed E-state index contributed by atoms with van der Waals surface area (Å²) in [6, 6.07) is 7.36. The van der Waals surface area contributed by atoms with Crippen molar-refractivity contribution in [1.29, 1.82) is 0 Å². The van der Waals surface area contributed by atoms with Gasteiger partial charge in [-0.1, -0.05) is 18.2 Å². The fraction of sp³-hybridized carbons (Fsp3) is 0.368. The number of fused-ring (bicyclic) bond motifs is 1. The first-order valence-corrected chi connectivity index (χ1v) is 8.91. The first kappa shape index (κ1) is 16.5. The molecule has 3 heterocycles. The second-order valence-electron chi connectivity index (χ2n) is 6.71. The zero-order valence-corrected chi connectivity index (χ0v) is 14.4. The maximum Gasteiger partial charge on any atom is 0.252 e. The topological polar surface area (TPSA) is 87.2 Å². The standard InChI is InChI=1S/C19H21N5O2/c25-18(11-16-14-3-1-2-4-15(14)19(26)23-16)22-13-5-9-24(10-6-13)17-12-20-7-8-21-17/h1-4,7-8,12-13,16H,5-6,9-11H2,(H,22,25)(H,23,26)/t16-/m0/s1. The molecule has 1 aromatic heterocycles. The Hall–Kier alpha value is -2.96. The van der Waals surface area contributed by atoms with E-state index in [1.807, 2.05) is 18.2 Å². The molecule has 2 amide bonds. The molecular formula is C19H21N5O2. The summed E-state index contributed by atoms with van der Waals surface area (Å²) in [5.74, 6) is 0.753. The van der Waals surface area contributed by atoms with Gasteiger partial charge in [-0.05, 0) is 24.5 Å². The van der Waals surface area contributed by atoms with Gasteiger partial charge in [-0.2, -0.15) is 0 Å². The van der Waals surface area contributed by atoms with Crippen LogP contribution < -0.4 is 15.5 Å². The molecule has 0 unspecified atom stereocenters. The second-order valence-corrected chi connectivity index (χ2v) is 6.71. The first-order chi connectivity index (χ1) is 12.7. The van der Waals surface area contributed by atoms with Crippen molar-refractivity contribution in [3.8, 4) is 0 Å². The van der Waals surface area contributed by atoms with Gasteiger partial charge < -0.3 is 15.5 Å². The smallest absolute Gasteiger partial charge is 0.252 e. The van der Waals surface area contributed by atoms with E-state index in [1.165, 1.54) is 0 Å². The number of carbonyl (C=O) groups excluding carboxylic acids is 2. The average molecular weight is 351 g/mol. The zero-order valence-electron chi connectivity index (χ0n) is 14.4. The highest BCUT2D eigenvalue weighted by Gasteiger charge is 2.30. The van der Waals surface area contributed by atoms with Crippen LogP contribution in [0.5, 0.6) is 0 Å². The predicted molar refractivity (Wildman–Crippen MR) is 96.7 cm³/mol. The molecule has 0 bridgehead atoms. The molecule has 0 aliphatic carbocycles. The minimum atomic E-state index is -0.238. The number of nitrogens with one attached hydrogen (secondary N) is 2. The number of carbonyl (C=O) groups is 2. The molecule has 0 radical (unpaired) electrons. The molecule has 2 aromatic rings. The number of benzene rings is 1. The van der Waals surface area contributed by atoms with Crippen molar-refractivity contribution >= 4 is 17.6 Å². The summed E-state index contributed by atoms with van der Waals surface area (Å²) in [5.41, 5.74) is 1.58. The Morgan fingerprint density at radius 2 is 2.04 bits per heavy atom. The Bertz CT molecular complexity index is 803. The molecule has 2 aliphatic rings. The van der Waals surface area contributed by atoms with Crippen LogP contribution in [0, 0.1) is 0 Å². The number of aromatic nitrogens is 2. The van der Waals surface area contributed by atoms with Crippen molar-refractivity contribution in [2.24, 2.45) is 0 Å². The van der Waals surface area contributed by atoms with Crippen LogP contribution in [0.4, 0.5) is 5.82 Å². The molecule has 0 spiro atoms. The molecule has 1 atom stereocenters. The van der Waals surface area contributed by atoms with Gasteiger partial charge in [0.1, 0.15) is 5.82 Å². The molecular weight excluding hydrogens is 330 g/mol. The summed E-state index contributed by atoms with van der Waals surface area (Å²) in [6.45, 7) is 1.68. The van der Waals surface area contributed by atoms with Crippen LogP contribution in [0.3, 0.4) is 0 Å². The Labute approximate surface area is 151 Å². The third-order valence-electron chi connectivity index (χ3n) is 5.01. The summed E-state index contributed by atoms with van der Waals surface area (Å²) in [4.78, 5) is 35.0. The van der Waals surface area contributed by atoms with E-state index in [-0.39, 0.29) is 30.3 Å². The zero-order chi connectivity index (χ0) is 17.9. The monoisotopic (exact) mass is 351 g/mol. The quantitative estimate of drug-likeness (QED) is 0.870. The molecule has 7 heteroatoms. The van der Waals surface area contributed by atoms with E-state index in [9.17, 15) is 9.59 Å². The summed E-state index contributed by atoms with van der Waals surface area (Å²) in [7, 11) is 0. The normalized spacial score (nSPS) is 19.8. The van der Waals surface area contributed by atoms with E-state index in [0.29, 0.717) is 5.56 Å². The molecule has 2 N–H and O–H groups in total. The number of piperidine rings is 1. The van der Waals surface area contributed by atoms with Crippen LogP contribution in [0.1, 0.15) is 41.2 Å². The molecule has 7 nitrogen and oxygen atoms in total. The number of rotatable bonds is 4. The van der Waals surface area contributed by atoms with Gasteiger partial charge in [0.15, 0.2) is 0 Å². The number of hydrogen-bond donors (Lipinski definition) is 2. The summed E-state index contributed by atoms with van der Waals surface area (Å²) < 4.78 is 0. The van der Waals surface area contributed by atoms with Crippen LogP contribution in [0.2, 0.25) is 0 Å². The lowest BCUT2D eigenvalue weighted by atomic mass is 10.0. The molecule has 1 aromatic carbocycles. The van der Waals surface area contributed by atoms with E-state index in [1.54, 1.807) is 24.7 Å². The van der Waals surface area contributed by atoms with E-state index in [0.717, 1.165) is 37.3 Å². The molecule has 4 rings (SSSR count). The van der Waals surface area contributed by atoms with Gasteiger partial charge in [0.25, 0.3) is 5.91 Å². The average Bonchev–Trinajstić information content (AvgIpc) is 2.99. The van der Waals surface area contributed by atoms with Gasteiger partial charge in [0.05, 0.1) is 18.7 Å². The van der Waals surface area contributed by atoms with Gasteiger partial charge in [-0.15, -0.1) is 0 Å². The Morgan fingerprint density at radius 3 is 2.81 bits per heavy atom. The van der Waals surface area contributed by atoms with Crippen molar-refractivity contribution in [1.82, 2.24) is 20.6 Å². The van der Waals surface area contributed by atoms with E-state index >= 15 is 0 Å². The van der Waals surface area contributed by atoms with Crippen molar-refractivity contribution in [2.45, 2.75) is 31.3 Å². The molecule has 2 aliphatic heterocycles. The number of hydrogen-bond acceptors (Lipinski definition) is 5. The lowest BCUT2D eigenvalue weighted by Gasteiger charge is -2.33. The van der Waals surface area contributed by atoms with E-state index in [2.05, 4.69) is 25.5 Å². The molecule has 1 fully saturated rings. The SMILES string of the molecule is O=C(C[C@@H]1NC(=O)c2ccccc21)NC1CCN(c2cnccn2)CC1. The van der Waals surface area contributed by atoms with Crippen LogP contribution in [0.25, 0.3) is 0 Å². The highest BCUT2D eigenvalue weighted by molar-refractivity contribution is 5.99. The fourth-order valence-electron chi connectivity index (χ4n) is 3.66. The molecule has 0 saturated carbocycles. The maximum absolute atomic E-state index is 12.4. The highest BCUT2D eigenvalue weighted by atomic mass is 16.2. The minimum Gasteiger partial charge on any atom is -0.355 e.